The van der Waals surface area contributed by atoms with E-state index in [0.29, 0.717) is 90.5 Å². The standard InChI is InChI=1S/C96H124O16P4/c1-29-101-113(97)105-81-57-33-58-42-74(90(8,9)10)50-66(82(58)106-113)38-68-52-76(92(14,15)16)44-60-35-62-46-78(94(20,21)22)54-70(86(62)110-115(99,103-31-3)108-84(60)68)40-72-56-80(96(26,27)28)48-64-36-63-47-79(95(23,24)25)55-71(87(63)111-116(100,104-32-4)112-88(64)72)39-69-53-77(93(17,18)19)45-61-34-59-43-75(91(11,12)13)51-67(37-65(81)49-73(41-57)89(5,6)7)83(59)107-114(98,102-30-2)109-85(61)69/h41-56H,29-40H2,1-28H3. The van der Waals surface area contributed by atoms with Gasteiger partial charge in [0.1, 0.15) is 46.0 Å². The highest BCUT2D eigenvalue weighted by Gasteiger charge is 2.45. The van der Waals surface area contributed by atoms with E-state index in [2.05, 4.69) is 263 Å². The van der Waals surface area contributed by atoms with Crippen LogP contribution in [0.3, 0.4) is 0 Å². The van der Waals surface area contributed by atoms with Crippen LogP contribution in [0.4, 0.5) is 0 Å². The van der Waals surface area contributed by atoms with Crippen molar-refractivity contribution in [2.45, 2.75) is 289 Å². The molecule has 8 aromatic rings. The molecule has 24 rings (SSSR count). The number of hydrogen-bond donors (Lipinski definition) is 0. The number of phosphoric ester groups is 4. The van der Waals surface area contributed by atoms with E-state index in [-0.39, 0.29) is 77.8 Å². The van der Waals surface area contributed by atoms with Gasteiger partial charge in [-0.05, 0) is 205 Å². The first-order valence-electron chi connectivity index (χ1n) is 41.4. The van der Waals surface area contributed by atoms with Gasteiger partial charge in [-0.15, -0.1) is 0 Å². The highest BCUT2D eigenvalue weighted by molar-refractivity contribution is 7.50. The lowest BCUT2D eigenvalue weighted by atomic mass is 9.79. The topological polar surface area (TPSA) is 179 Å². The van der Waals surface area contributed by atoms with Crippen molar-refractivity contribution in [3.63, 3.8) is 0 Å². The summed E-state index contributed by atoms with van der Waals surface area (Å²) in [6.45, 7) is 59.1. The summed E-state index contributed by atoms with van der Waals surface area (Å²) in [6, 6.07) is 34.1. The van der Waals surface area contributed by atoms with Crippen molar-refractivity contribution >= 4 is 31.3 Å². The largest absolute Gasteiger partial charge is 0.587 e. The second kappa shape index (κ2) is 30.6. The Morgan fingerprint density at radius 2 is 0.284 bits per heavy atom. The molecule has 116 heavy (non-hydrogen) atoms. The highest BCUT2D eigenvalue weighted by Crippen LogP contribution is 2.63. The number of phosphoric acid groups is 4. The molecule has 0 unspecified atom stereocenters. The summed E-state index contributed by atoms with van der Waals surface area (Å²) in [4.78, 5) is 0. The van der Waals surface area contributed by atoms with E-state index >= 15 is 18.3 Å². The van der Waals surface area contributed by atoms with E-state index < -0.39 is 74.6 Å². The molecule has 16 aliphatic heterocycles. The summed E-state index contributed by atoms with van der Waals surface area (Å²) in [6.07, 6.45) is 1.55. The van der Waals surface area contributed by atoms with Gasteiger partial charge in [-0.2, -0.15) is 0 Å². The third kappa shape index (κ3) is 18.2. The molecule has 624 valence electrons. The van der Waals surface area contributed by atoms with Gasteiger partial charge in [-0.1, -0.05) is 263 Å². The third-order valence-electron chi connectivity index (χ3n) is 22.7. The van der Waals surface area contributed by atoms with Crippen LogP contribution in [-0.4, -0.2) is 26.4 Å². The van der Waals surface area contributed by atoms with Crippen LogP contribution in [0.1, 0.15) is 327 Å². The first-order chi connectivity index (χ1) is 53.6. The summed E-state index contributed by atoms with van der Waals surface area (Å²) in [5, 5.41) is 0. The molecular weight excluding hydrogens is 1530 g/mol. The van der Waals surface area contributed by atoms with E-state index in [4.69, 9.17) is 54.3 Å². The minimum Gasteiger partial charge on any atom is -0.394 e. The maximum absolute atomic E-state index is 16.5. The molecule has 0 saturated carbocycles. The average molecular weight is 1660 g/mol. The normalized spacial score (nSPS) is 20.4. The molecule has 0 fully saturated rings. The fraction of sp³-hybridized carbons (Fsp3) is 0.500. The molecule has 16 heterocycles. The quantitative estimate of drug-likeness (QED) is 0.131. The lowest BCUT2D eigenvalue weighted by Crippen LogP contribution is -2.20. The predicted octanol–water partition coefficient (Wildman–Crippen LogP) is 26.8. The monoisotopic (exact) mass is 1660 g/mol. The average Bonchev–Trinajstić information content (AvgIpc) is 0.751. The van der Waals surface area contributed by atoms with Crippen molar-refractivity contribution < 1.29 is 72.5 Å². The molecule has 16 aliphatic rings. The number of benzene rings is 8. The molecule has 0 atom stereocenters. The lowest BCUT2D eigenvalue weighted by Gasteiger charge is -2.33. The van der Waals surface area contributed by atoms with Crippen molar-refractivity contribution in [1.82, 2.24) is 0 Å². The van der Waals surface area contributed by atoms with Gasteiger partial charge < -0.3 is 36.2 Å². The van der Waals surface area contributed by atoms with Crippen LogP contribution in [0.2, 0.25) is 0 Å². The Labute approximate surface area is 691 Å². The summed E-state index contributed by atoms with van der Waals surface area (Å²) in [5.74, 6) is 2.57. The summed E-state index contributed by atoms with van der Waals surface area (Å²) in [5.41, 5.74) is 15.5. The first-order valence-corrected chi connectivity index (χ1v) is 47.3. The molecule has 16 nitrogen and oxygen atoms in total. The van der Waals surface area contributed by atoms with Gasteiger partial charge >= 0.3 is 31.3 Å². The Morgan fingerprint density at radius 3 is 0.353 bits per heavy atom. The van der Waals surface area contributed by atoms with Crippen molar-refractivity contribution in [2.75, 3.05) is 26.4 Å². The fourth-order valence-electron chi connectivity index (χ4n) is 16.0. The third-order valence-corrected chi connectivity index (χ3v) is 28.2. The Balaban J connectivity index is 1.18. The van der Waals surface area contributed by atoms with E-state index in [9.17, 15) is 0 Å². The van der Waals surface area contributed by atoms with Crippen LogP contribution in [0.25, 0.3) is 0 Å². The second-order valence-electron chi connectivity index (χ2n) is 40.6. The fourth-order valence-corrected chi connectivity index (χ4v) is 21.5. The van der Waals surface area contributed by atoms with E-state index in [1.165, 1.54) is 0 Å². The van der Waals surface area contributed by atoms with E-state index in [1.54, 1.807) is 27.7 Å². The number of rotatable bonds is 8. The Morgan fingerprint density at radius 1 is 0.198 bits per heavy atom. The van der Waals surface area contributed by atoms with Crippen molar-refractivity contribution in [2.24, 2.45) is 0 Å². The lowest BCUT2D eigenvalue weighted by molar-refractivity contribution is 0.215. The van der Waals surface area contributed by atoms with E-state index in [1.807, 2.05) is 0 Å². The van der Waals surface area contributed by atoms with Gasteiger partial charge in [-0.3, -0.25) is 18.1 Å². The molecule has 0 amide bonds. The molecule has 0 spiro atoms. The zero-order valence-corrected chi connectivity index (χ0v) is 77.6. The summed E-state index contributed by atoms with van der Waals surface area (Å²) >= 11 is 0. The van der Waals surface area contributed by atoms with Crippen LogP contribution in [-0.2, 0) is 131 Å². The van der Waals surface area contributed by atoms with Gasteiger partial charge in [0.2, 0.25) is 0 Å². The van der Waals surface area contributed by atoms with E-state index in [0.717, 1.165) is 89.0 Å². The Bertz CT molecular complexity index is 4460. The van der Waals surface area contributed by atoms with Gasteiger partial charge in [0.25, 0.3) is 0 Å². The van der Waals surface area contributed by atoms with Crippen LogP contribution in [0, 0.1) is 0 Å². The molecule has 0 saturated heterocycles. The van der Waals surface area contributed by atoms with Crippen LogP contribution >= 0.6 is 31.3 Å². The minimum atomic E-state index is -4.70. The second-order valence-corrected chi connectivity index (χ2v) is 46.7. The van der Waals surface area contributed by atoms with Crippen LogP contribution < -0.4 is 36.2 Å². The maximum atomic E-state index is 16.5. The van der Waals surface area contributed by atoms with Crippen molar-refractivity contribution in [1.29, 1.82) is 0 Å². The maximum Gasteiger partial charge on any atom is 0.587 e. The van der Waals surface area contributed by atoms with Crippen LogP contribution in [0.5, 0.6) is 46.0 Å². The molecule has 20 heteroatoms. The van der Waals surface area contributed by atoms with Gasteiger partial charge in [0.15, 0.2) is 0 Å². The zero-order chi connectivity index (χ0) is 84.8. The molecule has 0 aliphatic carbocycles. The predicted molar refractivity (Wildman–Crippen MR) is 466 cm³/mol. The molecular formula is C96H124O16P4. The molecule has 8 aromatic carbocycles. The van der Waals surface area contributed by atoms with Crippen LogP contribution in [0.15, 0.2) is 97.1 Å². The Kier molecular flexibility index (Phi) is 22.9. The van der Waals surface area contributed by atoms with Gasteiger partial charge in [-0.25, -0.2) is 18.3 Å². The molecule has 24 bridgehead atoms. The zero-order valence-electron chi connectivity index (χ0n) is 74.0. The Hall–Kier alpha value is -7.08. The summed E-state index contributed by atoms with van der Waals surface area (Å²) in [7, 11) is -18.8. The van der Waals surface area contributed by atoms with Crippen molar-refractivity contribution in [3.05, 3.63) is 231 Å². The molecule has 0 N–H and O–H groups in total. The number of hydrogen-bond acceptors (Lipinski definition) is 16. The summed E-state index contributed by atoms with van der Waals surface area (Å²) < 4.78 is 149. The first kappa shape index (κ1) is 86.8. The van der Waals surface area contributed by atoms with Gasteiger partial charge in [0, 0.05) is 51.4 Å². The molecule has 0 radical (unpaired) electrons. The van der Waals surface area contributed by atoms with Crippen molar-refractivity contribution in [3.8, 4) is 46.0 Å². The van der Waals surface area contributed by atoms with Gasteiger partial charge in [0.05, 0.1) is 26.4 Å². The highest BCUT2D eigenvalue weighted by atomic mass is 31.2. The smallest absolute Gasteiger partial charge is 0.394 e. The molecule has 0 aromatic heterocycles. The SMILES string of the molecule is CCOP1(=O)Oc2c3cc(C(C)(C)C)cc2Cc2cc(C(C)(C)C)cc4c2OP(=O)(OCC)Oc2c(cc(C(C)(C)C)cc2Cc2cc(C(C)(C)C)cc5c2OP(=O)(OCC)Oc2c(cc(C(C)(C)C)cc2Cc2cc(C(C)(C)C)cc6c2OP(=O)(OCC)Oc2c(cc(C(C)(C)C)cc2Cc2cc(C(C)(C)C)cc(c2O1)C3)C6)C5)C4. The minimum absolute atomic E-state index is 0.0368.